The minimum absolute atomic E-state index is 0.0539. The zero-order chi connectivity index (χ0) is 23.8. The van der Waals surface area contributed by atoms with Crippen LogP contribution >= 0.6 is 11.3 Å². The van der Waals surface area contributed by atoms with Crippen molar-refractivity contribution in [3.05, 3.63) is 87.9 Å². The first-order chi connectivity index (χ1) is 15.9. The molecule has 0 aliphatic rings. The van der Waals surface area contributed by atoms with Crippen LogP contribution in [0.1, 0.15) is 34.6 Å². The molecule has 0 aliphatic heterocycles. The van der Waals surface area contributed by atoms with Gasteiger partial charge in [-0.3, -0.25) is 9.59 Å². The van der Waals surface area contributed by atoms with Gasteiger partial charge in [-0.15, -0.1) is 11.3 Å². The van der Waals surface area contributed by atoms with Crippen LogP contribution in [-0.2, 0) is 17.9 Å². The maximum absolute atomic E-state index is 13.5. The highest BCUT2D eigenvalue weighted by Gasteiger charge is 2.25. The van der Waals surface area contributed by atoms with Crippen molar-refractivity contribution < 1.29 is 18.7 Å². The van der Waals surface area contributed by atoms with Crippen LogP contribution in [0.15, 0.2) is 66.0 Å². The molecule has 2 aromatic carbocycles. The molecule has 0 bridgehead atoms. The normalized spacial score (nSPS) is 10.8. The molecule has 0 N–H and O–H groups in total. The second-order valence-electron chi connectivity index (χ2n) is 8.24. The molecule has 1 heterocycles. The van der Waals surface area contributed by atoms with Crippen LogP contribution in [0.4, 0.5) is 4.39 Å². The quantitative estimate of drug-likeness (QED) is 0.410. The lowest BCUT2D eigenvalue weighted by Gasteiger charge is -2.29. The molecule has 174 valence electrons. The van der Waals surface area contributed by atoms with Gasteiger partial charge in [0.25, 0.3) is 5.91 Å². The van der Waals surface area contributed by atoms with E-state index in [1.54, 1.807) is 57.5 Å². The van der Waals surface area contributed by atoms with Gasteiger partial charge in [0.15, 0.2) is 0 Å². The van der Waals surface area contributed by atoms with Crippen LogP contribution in [0.2, 0.25) is 0 Å². The minimum Gasteiger partial charge on any atom is -0.496 e. The third-order valence-corrected chi connectivity index (χ3v) is 5.96. The van der Waals surface area contributed by atoms with Gasteiger partial charge in [0.1, 0.15) is 18.1 Å². The maximum atomic E-state index is 13.5. The highest BCUT2D eigenvalue weighted by molar-refractivity contribution is 7.09. The van der Waals surface area contributed by atoms with E-state index >= 15 is 0 Å². The third-order valence-electron chi connectivity index (χ3n) is 5.10. The second-order valence-corrected chi connectivity index (χ2v) is 9.27. The molecule has 2 amide bonds. The Bertz CT molecular complexity index is 1050. The van der Waals surface area contributed by atoms with Gasteiger partial charge in [0.2, 0.25) is 5.91 Å². The van der Waals surface area contributed by atoms with E-state index in [-0.39, 0.29) is 30.1 Å². The lowest BCUT2D eigenvalue weighted by molar-refractivity contribution is -0.133. The second kappa shape index (κ2) is 11.6. The SMILES string of the molecule is COc1ccccc1C(=O)N(CC(=O)N(Cc1ccc(F)cc1)Cc1cccs1)CC(C)C. The molecule has 5 nitrogen and oxygen atoms in total. The summed E-state index contributed by atoms with van der Waals surface area (Å²) in [5, 5.41) is 1.96. The lowest BCUT2D eigenvalue weighted by atomic mass is 10.1. The summed E-state index contributed by atoms with van der Waals surface area (Å²) >= 11 is 1.57. The van der Waals surface area contributed by atoms with Gasteiger partial charge in [-0.25, -0.2) is 4.39 Å². The fourth-order valence-electron chi connectivity index (χ4n) is 3.55. The summed E-state index contributed by atoms with van der Waals surface area (Å²) in [6.07, 6.45) is 0. The number of benzene rings is 2. The highest BCUT2D eigenvalue weighted by atomic mass is 32.1. The van der Waals surface area contributed by atoms with Gasteiger partial charge in [0, 0.05) is 18.0 Å². The molecule has 0 saturated carbocycles. The average Bonchev–Trinajstić information content (AvgIpc) is 3.32. The molecule has 0 unspecified atom stereocenters. The molecule has 1 aromatic heterocycles. The van der Waals surface area contributed by atoms with Crippen LogP contribution in [-0.4, -0.2) is 41.8 Å². The number of carbonyl (C=O) groups is 2. The first-order valence-corrected chi connectivity index (χ1v) is 11.7. The van der Waals surface area contributed by atoms with Crippen LogP contribution in [0.5, 0.6) is 5.75 Å². The maximum Gasteiger partial charge on any atom is 0.258 e. The summed E-state index contributed by atoms with van der Waals surface area (Å²) in [6, 6.07) is 17.1. The highest BCUT2D eigenvalue weighted by Crippen LogP contribution is 2.21. The molecule has 0 spiro atoms. The number of halogens is 1. The average molecular weight is 469 g/mol. The summed E-state index contributed by atoms with van der Waals surface area (Å²) in [5.74, 6) is -0.0749. The van der Waals surface area contributed by atoms with E-state index in [0.29, 0.717) is 30.9 Å². The molecular weight excluding hydrogens is 439 g/mol. The molecule has 7 heteroatoms. The Balaban J connectivity index is 1.83. The van der Waals surface area contributed by atoms with Gasteiger partial charge in [-0.1, -0.05) is 44.2 Å². The van der Waals surface area contributed by atoms with Crippen molar-refractivity contribution in [2.24, 2.45) is 5.92 Å². The van der Waals surface area contributed by atoms with E-state index < -0.39 is 0 Å². The van der Waals surface area contributed by atoms with Crippen molar-refractivity contribution in [3.63, 3.8) is 0 Å². The first kappa shape index (κ1) is 24.5. The zero-order valence-corrected chi connectivity index (χ0v) is 20.0. The third kappa shape index (κ3) is 6.89. The van der Waals surface area contributed by atoms with Gasteiger partial charge < -0.3 is 14.5 Å². The van der Waals surface area contributed by atoms with E-state index in [2.05, 4.69) is 0 Å². The predicted molar refractivity (Wildman–Crippen MR) is 129 cm³/mol. The lowest BCUT2D eigenvalue weighted by Crippen LogP contribution is -2.44. The summed E-state index contributed by atoms with van der Waals surface area (Å²) in [5.41, 5.74) is 1.25. The Labute approximate surface area is 198 Å². The Morgan fingerprint density at radius 1 is 0.970 bits per heavy atom. The van der Waals surface area contributed by atoms with E-state index in [9.17, 15) is 14.0 Å². The van der Waals surface area contributed by atoms with E-state index in [4.69, 9.17) is 4.74 Å². The molecule has 0 aliphatic carbocycles. The van der Waals surface area contributed by atoms with Gasteiger partial charge in [-0.05, 0) is 47.2 Å². The molecule has 0 fully saturated rings. The summed E-state index contributed by atoms with van der Waals surface area (Å²) in [4.78, 5) is 31.2. The molecule has 33 heavy (non-hydrogen) atoms. The van der Waals surface area contributed by atoms with Crippen molar-refractivity contribution in [1.29, 1.82) is 0 Å². The number of hydrogen-bond donors (Lipinski definition) is 0. The molecule has 3 aromatic rings. The van der Waals surface area contributed by atoms with Crippen molar-refractivity contribution in [3.8, 4) is 5.75 Å². The van der Waals surface area contributed by atoms with Crippen molar-refractivity contribution in [2.45, 2.75) is 26.9 Å². The van der Waals surface area contributed by atoms with Crippen molar-refractivity contribution in [2.75, 3.05) is 20.2 Å². The number of carbonyl (C=O) groups excluding carboxylic acids is 2. The number of para-hydroxylation sites is 1. The van der Waals surface area contributed by atoms with Gasteiger partial charge >= 0.3 is 0 Å². The number of methoxy groups -OCH3 is 1. The largest absolute Gasteiger partial charge is 0.496 e. The van der Waals surface area contributed by atoms with E-state index in [1.807, 2.05) is 31.4 Å². The number of thiophene rings is 1. The Morgan fingerprint density at radius 3 is 2.33 bits per heavy atom. The molecule has 0 saturated heterocycles. The number of hydrogen-bond acceptors (Lipinski definition) is 4. The summed E-state index contributed by atoms with van der Waals surface area (Å²) in [7, 11) is 1.52. The standard InChI is InChI=1S/C26H29FN2O3S/c1-19(2)15-29(26(31)23-8-4-5-9-24(23)32-3)18-25(30)28(17-22-7-6-14-33-22)16-20-10-12-21(27)13-11-20/h4-14,19H,15-18H2,1-3H3. The molecular formula is C26H29FN2O3S. The van der Waals surface area contributed by atoms with E-state index in [0.717, 1.165) is 10.4 Å². The number of nitrogens with zero attached hydrogens (tertiary/aromatic N) is 2. The fraction of sp³-hybridized carbons (Fsp3) is 0.308. The Morgan fingerprint density at radius 2 is 1.70 bits per heavy atom. The molecule has 0 atom stereocenters. The van der Waals surface area contributed by atoms with Crippen LogP contribution in [0.25, 0.3) is 0 Å². The van der Waals surface area contributed by atoms with Crippen molar-refractivity contribution >= 4 is 23.2 Å². The fourth-order valence-corrected chi connectivity index (χ4v) is 4.27. The van der Waals surface area contributed by atoms with E-state index in [1.165, 1.54) is 19.2 Å². The van der Waals surface area contributed by atoms with Gasteiger partial charge in [0.05, 0.1) is 19.2 Å². The predicted octanol–water partition coefficient (Wildman–Crippen LogP) is 5.22. The van der Waals surface area contributed by atoms with Crippen LogP contribution in [0, 0.1) is 11.7 Å². The number of ether oxygens (including phenoxy) is 1. The smallest absolute Gasteiger partial charge is 0.258 e. The number of rotatable bonds is 10. The molecule has 3 rings (SSSR count). The first-order valence-electron chi connectivity index (χ1n) is 10.8. The zero-order valence-electron chi connectivity index (χ0n) is 19.2. The Hall–Kier alpha value is -3.19. The topological polar surface area (TPSA) is 49.9 Å². The monoisotopic (exact) mass is 468 g/mol. The van der Waals surface area contributed by atoms with Crippen LogP contribution in [0.3, 0.4) is 0 Å². The molecule has 0 radical (unpaired) electrons. The summed E-state index contributed by atoms with van der Waals surface area (Å²) < 4.78 is 18.7. The van der Waals surface area contributed by atoms with Crippen molar-refractivity contribution in [1.82, 2.24) is 9.80 Å². The minimum atomic E-state index is -0.319. The Kier molecular flexibility index (Phi) is 8.60. The van der Waals surface area contributed by atoms with Gasteiger partial charge in [-0.2, -0.15) is 0 Å². The van der Waals surface area contributed by atoms with Crippen LogP contribution < -0.4 is 4.74 Å². The number of amides is 2. The summed E-state index contributed by atoms with van der Waals surface area (Å²) in [6.45, 7) is 5.15.